The zero-order valence-corrected chi connectivity index (χ0v) is 15.5. The van der Waals surface area contributed by atoms with E-state index in [-0.39, 0.29) is 11.3 Å². The Morgan fingerprint density at radius 3 is 2.31 bits per heavy atom. The van der Waals surface area contributed by atoms with Crippen LogP contribution in [0.15, 0.2) is 30.3 Å². The third-order valence-electron chi connectivity index (χ3n) is 5.20. The minimum atomic E-state index is -1.19. The molecule has 0 amide bonds. The number of likely N-dealkylation sites (N-methyl/N-ethyl adjacent to an activating group) is 1. The molecule has 0 saturated carbocycles. The molecule has 1 aliphatic heterocycles. The quantitative estimate of drug-likeness (QED) is 0.732. The molecule has 2 aromatic rings. The van der Waals surface area contributed by atoms with Crippen molar-refractivity contribution in [1.82, 2.24) is 9.47 Å². The van der Waals surface area contributed by atoms with Crippen LogP contribution in [0.2, 0.25) is 0 Å². The highest BCUT2D eigenvalue weighted by atomic mass is 16.4. The van der Waals surface area contributed by atoms with E-state index in [0.29, 0.717) is 6.54 Å². The molecule has 3 rings (SSSR count). The van der Waals surface area contributed by atoms with E-state index < -0.39 is 5.97 Å². The molecule has 0 spiro atoms. The van der Waals surface area contributed by atoms with Gasteiger partial charge in [-0.15, -0.1) is 0 Å². The summed E-state index contributed by atoms with van der Waals surface area (Å²) in [6, 6.07) is 8.47. The Morgan fingerprint density at radius 2 is 1.73 bits per heavy atom. The van der Waals surface area contributed by atoms with Crippen LogP contribution in [0.25, 0.3) is 5.69 Å². The van der Waals surface area contributed by atoms with Crippen molar-refractivity contribution in [2.75, 3.05) is 39.8 Å². The third-order valence-corrected chi connectivity index (χ3v) is 5.20. The lowest BCUT2D eigenvalue weighted by molar-refractivity contribution is -0.895. The normalized spacial score (nSPS) is 16.0. The minimum absolute atomic E-state index is 0.145. The van der Waals surface area contributed by atoms with Crippen LogP contribution in [-0.4, -0.2) is 61.0 Å². The second-order valence-electron chi connectivity index (χ2n) is 7.11. The maximum absolute atomic E-state index is 12.8. The molecule has 6 heteroatoms. The van der Waals surface area contributed by atoms with Crippen molar-refractivity contribution in [1.29, 1.82) is 0 Å². The number of Topliss-reactive ketones (excluding diaryl/α,β-unsaturated/α-hetero) is 1. The third kappa shape index (κ3) is 3.71. The van der Waals surface area contributed by atoms with Crippen LogP contribution in [0.1, 0.15) is 32.1 Å². The van der Waals surface area contributed by atoms with Gasteiger partial charge < -0.3 is 19.4 Å². The number of benzene rings is 1. The highest BCUT2D eigenvalue weighted by molar-refractivity contribution is 5.98. The number of nitrogens with one attached hydrogen (secondary N) is 1. The first-order chi connectivity index (χ1) is 12.4. The van der Waals surface area contributed by atoms with E-state index in [1.807, 2.05) is 24.5 Å². The summed E-state index contributed by atoms with van der Waals surface area (Å²) in [6.45, 7) is 8.43. The number of rotatable bonds is 5. The number of hydrogen-bond acceptors (Lipinski definition) is 4. The first-order valence-corrected chi connectivity index (χ1v) is 8.93. The van der Waals surface area contributed by atoms with Crippen molar-refractivity contribution < 1.29 is 19.6 Å². The van der Waals surface area contributed by atoms with Gasteiger partial charge in [-0.3, -0.25) is 9.69 Å². The van der Waals surface area contributed by atoms with Gasteiger partial charge in [0.25, 0.3) is 0 Å². The van der Waals surface area contributed by atoms with Crippen molar-refractivity contribution >= 4 is 11.8 Å². The number of carbonyl (C=O) groups is 2. The molecule has 2 heterocycles. The smallest absolute Gasteiger partial charge is 0.218 e. The molecule has 1 saturated heterocycles. The van der Waals surface area contributed by atoms with Gasteiger partial charge in [0.1, 0.15) is 6.54 Å². The second kappa shape index (κ2) is 7.43. The van der Waals surface area contributed by atoms with Crippen LogP contribution in [0.3, 0.4) is 0 Å². The number of aromatic nitrogens is 1. The molecular formula is C20H25N3O3. The van der Waals surface area contributed by atoms with E-state index >= 15 is 0 Å². The van der Waals surface area contributed by atoms with E-state index in [1.54, 1.807) is 12.1 Å². The van der Waals surface area contributed by atoms with Crippen LogP contribution in [0.4, 0.5) is 0 Å². The van der Waals surface area contributed by atoms with Crippen LogP contribution < -0.4 is 10.0 Å². The highest BCUT2D eigenvalue weighted by Gasteiger charge is 2.23. The molecule has 0 unspecified atom stereocenters. The number of carboxylic acids is 1. The van der Waals surface area contributed by atoms with Gasteiger partial charge in [0.2, 0.25) is 5.78 Å². The molecule has 6 nitrogen and oxygen atoms in total. The molecule has 0 atom stereocenters. The molecule has 1 fully saturated rings. The second-order valence-corrected chi connectivity index (χ2v) is 7.11. The average Bonchev–Trinajstić information content (AvgIpc) is 2.91. The maximum Gasteiger partial charge on any atom is 0.218 e. The molecule has 26 heavy (non-hydrogen) atoms. The van der Waals surface area contributed by atoms with Crippen LogP contribution in [0, 0.1) is 13.8 Å². The molecule has 1 aliphatic rings. The number of carboxylic acid groups (broad SMARTS) is 1. The van der Waals surface area contributed by atoms with Gasteiger partial charge in [-0.25, -0.2) is 0 Å². The fourth-order valence-electron chi connectivity index (χ4n) is 3.62. The van der Waals surface area contributed by atoms with Crippen LogP contribution in [-0.2, 0) is 0 Å². The SMILES string of the molecule is Cc1cc(C(=O)C[NH+]2CCN(C)CC2)c(C)n1-c1ccc(C(=O)[O-])cc1. The van der Waals surface area contributed by atoms with Crippen molar-refractivity contribution in [3.05, 3.63) is 52.8 Å². The summed E-state index contributed by atoms with van der Waals surface area (Å²) in [6.07, 6.45) is 0. The predicted octanol–water partition coefficient (Wildman–Crippen LogP) is -0.529. The maximum atomic E-state index is 12.8. The number of ketones is 1. The molecule has 0 bridgehead atoms. The number of aromatic carboxylic acids is 1. The first kappa shape index (κ1) is 18.4. The van der Waals surface area contributed by atoms with Gasteiger partial charge in [0, 0.05) is 35.7 Å². The van der Waals surface area contributed by atoms with Crippen molar-refractivity contribution in [2.24, 2.45) is 0 Å². The fourth-order valence-corrected chi connectivity index (χ4v) is 3.62. The van der Waals surface area contributed by atoms with E-state index in [0.717, 1.165) is 48.8 Å². The van der Waals surface area contributed by atoms with Crippen LogP contribution >= 0.6 is 0 Å². The molecule has 1 aromatic carbocycles. The standard InChI is InChI=1S/C20H25N3O3/c1-14-12-18(19(24)13-22-10-8-21(3)9-11-22)15(2)23(14)17-6-4-16(5-7-17)20(25)26/h4-7,12H,8-11,13H2,1-3H3,(H,25,26). The lowest BCUT2D eigenvalue weighted by atomic mass is 10.1. The summed E-state index contributed by atoms with van der Waals surface area (Å²) in [4.78, 5) is 27.4. The molecular weight excluding hydrogens is 330 g/mol. The average molecular weight is 355 g/mol. The summed E-state index contributed by atoms with van der Waals surface area (Å²) < 4.78 is 1.99. The summed E-state index contributed by atoms with van der Waals surface area (Å²) in [5.41, 5.74) is 3.59. The Bertz CT molecular complexity index is 816. The summed E-state index contributed by atoms with van der Waals surface area (Å²) in [5, 5.41) is 10.9. The fraction of sp³-hybridized carbons (Fsp3) is 0.400. The number of nitrogens with zero attached hydrogens (tertiary/aromatic N) is 2. The zero-order chi connectivity index (χ0) is 18.8. The van der Waals surface area contributed by atoms with E-state index in [2.05, 4.69) is 11.9 Å². The molecule has 0 aliphatic carbocycles. The van der Waals surface area contributed by atoms with Gasteiger partial charge in [-0.05, 0) is 44.7 Å². The Labute approximate surface area is 153 Å². The summed E-state index contributed by atoms with van der Waals surface area (Å²) in [5.74, 6) is -1.03. The molecule has 1 aromatic heterocycles. The van der Waals surface area contributed by atoms with E-state index in [1.165, 1.54) is 17.0 Å². The number of aryl methyl sites for hydroxylation is 1. The molecule has 1 N–H and O–H groups in total. The van der Waals surface area contributed by atoms with Crippen molar-refractivity contribution in [3.8, 4) is 5.69 Å². The van der Waals surface area contributed by atoms with Gasteiger partial charge in [0.05, 0.1) is 19.1 Å². The van der Waals surface area contributed by atoms with Crippen LogP contribution in [0.5, 0.6) is 0 Å². The Hall–Kier alpha value is -2.44. The zero-order valence-electron chi connectivity index (χ0n) is 15.5. The van der Waals surface area contributed by atoms with Crippen molar-refractivity contribution in [2.45, 2.75) is 13.8 Å². The lowest BCUT2D eigenvalue weighted by Crippen LogP contribution is -3.15. The van der Waals surface area contributed by atoms with E-state index in [9.17, 15) is 14.7 Å². The van der Waals surface area contributed by atoms with Gasteiger partial charge in [-0.1, -0.05) is 12.1 Å². The number of hydrogen-bond donors (Lipinski definition) is 1. The Kier molecular flexibility index (Phi) is 5.25. The van der Waals surface area contributed by atoms with Gasteiger partial charge in [-0.2, -0.15) is 0 Å². The predicted molar refractivity (Wildman–Crippen MR) is 97.0 cm³/mol. The number of piperazine rings is 1. The summed E-state index contributed by atoms with van der Waals surface area (Å²) in [7, 11) is 2.11. The first-order valence-electron chi connectivity index (χ1n) is 8.93. The van der Waals surface area contributed by atoms with Gasteiger partial charge >= 0.3 is 0 Å². The van der Waals surface area contributed by atoms with E-state index in [4.69, 9.17) is 0 Å². The molecule has 138 valence electrons. The minimum Gasteiger partial charge on any atom is -0.545 e. The number of carbonyl (C=O) groups excluding carboxylic acids is 2. The van der Waals surface area contributed by atoms with Crippen molar-refractivity contribution in [3.63, 3.8) is 0 Å². The Morgan fingerprint density at radius 1 is 1.12 bits per heavy atom. The molecule has 0 radical (unpaired) electrons. The number of quaternary nitrogens is 1. The Balaban J connectivity index is 1.81. The summed E-state index contributed by atoms with van der Waals surface area (Å²) >= 11 is 0. The largest absolute Gasteiger partial charge is 0.545 e. The lowest BCUT2D eigenvalue weighted by Gasteiger charge is -2.29. The monoisotopic (exact) mass is 355 g/mol. The van der Waals surface area contributed by atoms with Gasteiger partial charge in [0.15, 0.2) is 0 Å². The highest BCUT2D eigenvalue weighted by Crippen LogP contribution is 2.21. The topological polar surface area (TPSA) is 69.8 Å².